The molecule has 7 heteroatoms. The Labute approximate surface area is 146 Å². The van der Waals surface area contributed by atoms with E-state index < -0.39 is 11.9 Å². The summed E-state index contributed by atoms with van der Waals surface area (Å²) in [5.74, 6) is -0.711. The lowest BCUT2D eigenvalue weighted by Gasteiger charge is -2.19. The van der Waals surface area contributed by atoms with Crippen LogP contribution in [0, 0.1) is 0 Å². The maximum Gasteiger partial charge on any atom is 0.272 e. The second-order valence-corrected chi connectivity index (χ2v) is 6.02. The van der Waals surface area contributed by atoms with Crippen LogP contribution in [0.2, 0.25) is 0 Å². The molecule has 2 N–H and O–H groups in total. The minimum absolute atomic E-state index is 0.179. The van der Waals surface area contributed by atoms with E-state index in [2.05, 4.69) is 25.5 Å². The Balaban J connectivity index is 1.59. The summed E-state index contributed by atoms with van der Waals surface area (Å²) in [5.41, 5.74) is 2.00. The second-order valence-electron chi connectivity index (χ2n) is 6.02. The third kappa shape index (κ3) is 4.32. The van der Waals surface area contributed by atoms with Gasteiger partial charge >= 0.3 is 0 Å². The van der Waals surface area contributed by atoms with Crippen LogP contribution in [0.3, 0.4) is 0 Å². The van der Waals surface area contributed by atoms with Crippen LogP contribution >= 0.6 is 0 Å². The Kier molecular flexibility index (Phi) is 5.23. The van der Waals surface area contributed by atoms with Crippen molar-refractivity contribution >= 4 is 23.2 Å². The van der Waals surface area contributed by atoms with Crippen LogP contribution in [0.4, 0.5) is 11.4 Å². The summed E-state index contributed by atoms with van der Waals surface area (Å²) in [5, 5.41) is 5.47. The lowest BCUT2D eigenvalue weighted by atomic mass is 10.2. The van der Waals surface area contributed by atoms with E-state index in [0.717, 1.165) is 24.5 Å². The van der Waals surface area contributed by atoms with Gasteiger partial charge in [0.05, 0.1) is 6.20 Å². The standard InChI is InChI=1S/C18H21N5O2/c1-13(21-18(25)16-12-19-7-8-20-16)17(24)22-14-5-4-6-15(11-14)23-9-2-3-10-23/h4-8,11-13H,2-3,9-10H2,1H3,(H,21,25)(H,22,24). The zero-order valence-electron chi connectivity index (χ0n) is 14.1. The third-order valence-electron chi connectivity index (χ3n) is 4.12. The molecular formula is C18H21N5O2. The van der Waals surface area contributed by atoms with Gasteiger partial charge in [-0.1, -0.05) is 6.07 Å². The van der Waals surface area contributed by atoms with Gasteiger partial charge in [0.15, 0.2) is 0 Å². The fourth-order valence-electron chi connectivity index (χ4n) is 2.76. The van der Waals surface area contributed by atoms with Crippen molar-refractivity contribution in [3.05, 3.63) is 48.5 Å². The number of aromatic nitrogens is 2. The summed E-state index contributed by atoms with van der Waals surface area (Å²) in [6.45, 7) is 3.72. The molecule has 2 aromatic rings. The van der Waals surface area contributed by atoms with Crippen LogP contribution in [0.1, 0.15) is 30.3 Å². The Morgan fingerprint density at radius 1 is 1.20 bits per heavy atom. The van der Waals surface area contributed by atoms with Gasteiger partial charge in [0, 0.05) is 36.9 Å². The van der Waals surface area contributed by atoms with E-state index in [9.17, 15) is 9.59 Å². The van der Waals surface area contributed by atoms with Crippen LogP contribution in [0.15, 0.2) is 42.9 Å². The molecule has 0 radical (unpaired) electrons. The molecule has 0 saturated carbocycles. The average molecular weight is 339 g/mol. The Bertz CT molecular complexity index is 744. The normalized spacial score (nSPS) is 14.8. The van der Waals surface area contributed by atoms with Gasteiger partial charge in [0.25, 0.3) is 5.91 Å². The fourth-order valence-corrected chi connectivity index (χ4v) is 2.76. The van der Waals surface area contributed by atoms with Crippen LogP contribution in [-0.2, 0) is 4.79 Å². The highest BCUT2D eigenvalue weighted by atomic mass is 16.2. The average Bonchev–Trinajstić information content (AvgIpc) is 3.17. The number of nitrogens with one attached hydrogen (secondary N) is 2. The highest BCUT2D eigenvalue weighted by molar-refractivity contribution is 6.00. The molecular weight excluding hydrogens is 318 g/mol. The molecule has 1 aliphatic rings. The topological polar surface area (TPSA) is 87.2 Å². The molecule has 130 valence electrons. The summed E-state index contributed by atoms with van der Waals surface area (Å²) < 4.78 is 0. The van der Waals surface area contributed by atoms with Crippen LogP contribution in [0.25, 0.3) is 0 Å². The van der Waals surface area contributed by atoms with Gasteiger partial charge in [0.1, 0.15) is 11.7 Å². The third-order valence-corrected chi connectivity index (χ3v) is 4.12. The highest BCUT2D eigenvalue weighted by Gasteiger charge is 2.18. The second kappa shape index (κ2) is 7.74. The van der Waals surface area contributed by atoms with Gasteiger partial charge in [-0.25, -0.2) is 4.98 Å². The van der Waals surface area contributed by atoms with E-state index in [1.807, 2.05) is 24.3 Å². The molecule has 0 spiro atoms. The zero-order chi connectivity index (χ0) is 17.6. The molecule has 25 heavy (non-hydrogen) atoms. The summed E-state index contributed by atoms with van der Waals surface area (Å²) in [4.78, 5) is 34.4. The molecule has 3 rings (SSSR count). The SMILES string of the molecule is CC(NC(=O)c1cnccn1)C(=O)Nc1cccc(N2CCCC2)c1. The molecule has 0 aliphatic carbocycles. The van der Waals surface area contributed by atoms with Gasteiger partial charge in [-0.2, -0.15) is 0 Å². The van der Waals surface area contributed by atoms with Gasteiger partial charge in [-0.05, 0) is 38.0 Å². The lowest BCUT2D eigenvalue weighted by molar-refractivity contribution is -0.117. The predicted octanol–water partition coefficient (Wildman–Crippen LogP) is 1.83. The number of benzene rings is 1. The molecule has 0 bridgehead atoms. The summed E-state index contributed by atoms with van der Waals surface area (Å²) in [6, 6.07) is 7.08. The van der Waals surface area contributed by atoms with E-state index in [-0.39, 0.29) is 11.6 Å². The zero-order valence-corrected chi connectivity index (χ0v) is 14.1. The van der Waals surface area contributed by atoms with Gasteiger partial charge in [-0.15, -0.1) is 0 Å². The van der Waals surface area contributed by atoms with E-state index in [1.165, 1.54) is 31.4 Å². The summed E-state index contributed by atoms with van der Waals surface area (Å²) >= 11 is 0. The number of hydrogen-bond acceptors (Lipinski definition) is 5. The number of amides is 2. The smallest absolute Gasteiger partial charge is 0.272 e. The number of nitrogens with zero attached hydrogens (tertiary/aromatic N) is 3. The largest absolute Gasteiger partial charge is 0.371 e. The number of carbonyl (C=O) groups is 2. The Morgan fingerprint density at radius 3 is 2.72 bits per heavy atom. The molecule has 1 aromatic carbocycles. The van der Waals surface area contributed by atoms with Crippen molar-refractivity contribution in [2.24, 2.45) is 0 Å². The molecule has 1 aromatic heterocycles. The van der Waals surface area contributed by atoms with E-state index in [1.54, 1.807) is 6.92 Å². The number of carbonyl (C=O) groups excluding carboxylic acids is 2. The molecule has 2 heterocycles. The van der Waals surface area contributed by atoms with E-state index in [0.29, 0.717) is 0 Å². The van der Waals surface area contributed by atoms with Crippen molar-refractivity contribution in [2.75, 3.05) is 23.3 Å². The van der Waals surface area contributed by atoms with Crippen molar-refractivity contribution < 1.29 is 9.59 Å². The van der Waals surface area contributed by atoms with E-state index >= 15 is 0 Å². The van der Waals surface area contributed by atoms with Crippen LogP contribution in [-0.4, -0.2) is 40.9 Å². The number of rotatable bonds is 5. The number of anilines is 2. The predicted molar refractivity (Wildman–Crippen MR) is 95.5 cm³/mol. The molecule has 1 aliphatic heterocycles. The van der Waals surface area contributed by atoms with Crippen molar-refractivity contribution in [1.82, 2.24) is 15.3 Å². The first kappa shape index (κ1) is 16.9. The first-order valence-corrected chi connectivity index (χ1v) is 8.36. The Morgan fingerprint density at radius 2 is 2.00 bits per heavy atom. The minimum Gasteiger partial charge on any atom is -0.371 e. The van der Waals surface area contributed by atoms with Gasteiger partial charge in [-0.3, -0.25) is 14.6 Å². The van der Waals surface area contributed by atoms with Crippen molar-refractivity contribution in [2.45, 2.75) is 25.8 Å². The van der Waals surface area contributed by atoms with Crippen molar-refractivity contribution in [1.29, 1.82) is 0 Å². The molecule has 1 unspecified atom stereocenters. The Hall–Kier alpha value is -2.96. The molecule has 1 saturated heterocycles. The first-order chi connectivity index (χ1) is 12.1. The maximum absolute atomic E-state index is 12.3. The van der Waals surface area contributed by atoms with Gasteiger partial charge in [0.2, 0.25) is 5.91 Å². The van der Waals surface area contributed by atoms with Crippen molar-refractivity contribution in [3.63, 3.8) is 0 Å². The highest BCUT2D eigenvalue weighted by Crippen LogP contribution is 2.23. The lowest BCUT2D eigenvalue weighted by Crippen LogP contribution is -2.41. The molecule has 1 atom stereocenters. The van der Waals surface area contributed by atoms with Crippen molar-refractivity contribution in [3.8, 4) is 0 Å². The molecule has 1 fully saturated rings. The molecule has 7 nitrogen and oxygen atoms in total. The minimum atomic E-state index is -0.690. The maximum atomic E-state index is 12.3. The molecule has 2 amide bonds. The summed E-state index contributed by atoms with van der Waals surface area (Å²) in [6.07, 6.45) is 6.67. The monoisotopic (exact) mass is 339 g/mol. The quantitative estimate of drug-likeness (QED) is 0.868. The van der Waals surface area contributed by atoms with Gasteiger partial charge < -0.3 is 15.5 Å². The number of hydrogen-bond donors (Lipinski definition) is 2. The van der Waals surface area contributed by atoms with Crippen LogP contribution < -0.4 is 15.5 Å². The summed E-state index contributed by atoms with van der Waals surface area (Å²) in [7, 11) is 0. The first-order valence-electron chi connectivity index (χ1n) is 8.36. The fraction of sp³-hybridized carbons (Fsp3) is 0.333. The van der Waals surface area contributed by atoms with Crippen LogP contribution in [0.5, 0.6) is 0 Å². The van der Waals surface area contributed by atoms with E-state index in [4.69, 9.17) is 0 Å².